The normalized spacial score (nSPS) is 15.2. The van der Waals surface area contributed by atoms with Crippen molar-refractivity contribution in [3.05, 3.63) is 18.2 Å². The van der Waals surface area contributed by atoms with E-state index in [1.165, 1.54) is 0 Å². The lowest BCUT2D eigenvalue weighted by atomic mass is 10.2. The molecule has 2 N–H and O–H groups in total. The molecule has 0 aromatic heterocycles. The topological polar surface area (TPSA) is 59.6 Å². The summed E-state index contributed by atoms with van der Waals surface area (Å²) < 4.78 is 11.2. The predicted molar refractivity (Wildman–Crippen MR) is 83.0 cm³/mol. The smallest absolute Gasteiger partial charge is 0.242 e. The number of nitrogens with one attached hydrogen (secondary N) is 2. The van der Waals surface area contributed by atoms with Crippen LogP contribution in [0.3, 0.4) is 0 Å². The molecule has 1 amide bonds. The van der Waals surface area contributed by atoms with E-state index < -0.39 is 0 Å². The summed E-state index contributed by atoms with van der Waals surface area (Å²) in [6, 6.07) is 5.36. The zero-order valence-electron chi connectivity index (χ0n) is 12.9. The van der Waals surface area contributed by atoms with Gasteiger partial charge in [-0.2, -0.15) is 0 Å². The Morgan fingerprint density at radius 2 is 1.90 bits per heavy atom. The van der Waals surface area contributed by atoms with Gasteiger partial charge in [-0.15, -0.1) is 0 Å². The van der Waals surface area contributed by atoms with Gasteiger partial charge >= 0.3 is 0 Å². The van der Waals surface area contributed by atoms with Crippen LogP contribution in [-0.4, -0.2) is 31.7 Å². The average Bonchev–Trinajstić information content (AvgIpc) is 2.69. The molecule has 0 radical (unpaired) electrons. The number of rotatable bonds is 5. The van der Waals surface area contributed by atoms with Crippen molar-refractivity contribution in [2.45, 2.75) is 33.2 Å². The zero-order valence-corrected chi connectivity index (χ0v) is 12.9. The molecule has 1 aliphatic heterocycles. The van der Waals surface area contributed by atoms with Crippen LogP contribution in [0.5, 0.6) is 11.5 Å². The second-order valence-electron chi connectivity index (χ2n) is 5.72. The molecular weight excluding hydrogens is 268 g/mol. The molecular formula is C16H24N2O3. The van der Waals surface area contributed by atoms with Gasteiger partial charge in [-0.3, -0.25) is 4.79 Å². The highest BCUT2D eigenvalue weighted by Gasteiger charge is 2.15. The highest BCUT2D eigenvalue weighted by molar-refractivity contribution is 5.84. The summed E-state index contributed by atoms with van der Waals surface area (Å²) in [4.78, 5) is 12.0. The van der Waals surface area contributed by atoms with Crippen molar-refractivity contribution in [3.63, 3.8) is 0 Å². The van der Waals surface area contributed by atoms with Crippen LogP contribution in [0.2, 0.25) is 0 Å². The third-order valence-corrected chi connectivity index (χ3v) is 3.21. The standard InChI is InChI=1S/C16H24N2O3/c1-11(2)10-17-16(19)12(3)18-13-5-6-14-15(9-13)21-8-4-7-20-14/h5-6,9,11-12,18H,4,7-8,10H2,1-3H3,(H,17,19). The molecule has 5 nitrogen and oxygen atoms in total. The fraction of sp³-hybridized carbons (Fsp3) is 0.562. The van der Waals surface area contributed by atoms with Crippen LogP contribution in [0.25, 0.3) is 0 Å². The van der Waals surface area contributed by atoms with Gasteiger partial charge in [0.2, 0.25) is 5.91 Å². The largest absolute Gasteiger partial charge is 0.490 e. The Morgan fingerprint density at radius 3 is 2.62 bits per heavy atom. The van der Waals surface area contributed by atoms with Crippen LogP contribution in [-0.2, 0) is 4.79 Å². The van der Waals surface area contributed by atoms with E-state index in [1.54, 1.807) is 0 Å². The second kappa shape index (κ2) is 7.20. The summed E-state index contributed by atoms with van der Waals surface area (Å²) in [7, 11) is 0. The van der Waals surface area contributed by atoms with E-state index in [2.05, 4.69) is 24.5 Å². The van der Waals surface area contributed by atoms with E-state index in [4.69, 9.17) is 9.47 Å². The minimum absolute atomic E-state index is 0.00388. The number of amides is 1. The minimum atomic E-state index is -0.298. The summed E-state index contributed by atoms with van der Waals surface area (Å²) in [5.41, 5.74) is 0.853. The van der Waals surface area contributed by atoms with Gasteiger partial charge in [0.1, 0.15) is 6.04 Å². The van der Waals surface area contributed by atoms with Gasteiger partial charge in [-0.05, 0) is 25.0 Å². The van der Waals surface area contributed by atoms with Gasteiger partial charge in [-0.25, -0.2) is 0 Å². The SMILES string of the molecule is CC(C)CNC(=O)C(C)Nc1ccc2c(c1)OCCCO2. The summed E-state index contributed by atoms with van der Waals surface area (Å²) >= 11 is 0. The molecule has 1 aromatic carbocycles. The summed E-state index contributed by atoms with van der Waals surface area (Å²) in [5.74, 6) is 1.93. The second-order valence-corrected chi connectivity index (χ2v) is 5.72. The fourth-order valence-corrected chi connectivity index (χ4v) is 2.03. The maximum Gasteiger partial charge on any atom is 0.242 e. The summed E-state index contributed by atoms with van der Waals surface area (Å²) in [5, 5.41) is 6.11. The Balaban J connectivity index is 1.96. The van der Waals surface area contributed by atoms with E-state index in [0.29, 0.717) is 25.7 Å². The highest BCUT2D eigenvalue weighted by atomic mass is 16.5. The van der Waals surface area contributed by atoms with Crippen molar-refractivity contribution in [2.24, 2.45) is 5.92 Å². The maximum atomic E-state index is 12.0. The lowest BCUT2D eigenvalue weighted by Gasteiger charge is -2.17. The van der Waals surface area contributed by atoms with Crippen LogP contribution in [0.1, 0.15) is 27.2 Å². The van der Waals surface area contributed by atoms with Gasteiger partial charge in [-0.1, -0.05) is 13.8 Å². The Hall–Kier alpha value is -1.91. The molecule has 5 heteroatoms. The number of hydrogen-bond donors (Lipinski definition) is 2. The highest BCUT2D eigenvalue weighted by Crippen LogP contribution is 2.32. The molecule has 1 atom stereocenters. The first-order chi connectivity index (χ1) is 10.1. The van der Waals surface area contributed by atoms with Crippen molar-refractivity contribution in [2.75, 3.05) is 25.1 Å². The lowest BCUT2D eigenvalue weighted by Crippen LogP contribution is -2.39. The zero-order chi connectivity index (χ0) is 15.2. The molecule has 1 aliphatic rings. The number of anilines is 1. The molecule has 0 fully saturated rings. The molecule has 0 saturated heterocycles. The van der Waals surface area contributed by atoms with E-state index in [-0.39, 0.29) is 11.9 Å². The van der Waals surface area contributed by atoms with Crippen LogP contribution in [0, 0.1) is 5.92 Å². The Morgan fingerprint density at radius 1 is 1.19 bits per heavy atom. The van der Waals surface area contributed by atoms with Crippen molar-refractivity contribution in [1.29, 1.82) is 0 Å². The molecule has 0 aliphatic carbocycles. The molecule has 1 aromatic rings. The molecule has 0 saturated carbocycles. The molecule has 116 valence electrons. The van der Waals surface area contributed by atoms with Gasteiger partial charge in [0.25, 0.3) is 0 Å². The van der Waals surface area contributed by atoms with Gasteiger partial charge in [0.15, 0.2) is 11.5 Å². The molecule has 1 heterocycles. The number of carbonyl (C=O) groups excluding carboxylic acids is 1. The Labute approximate surface area is 126 Å². The van der Waals surface area contributed by atoms with Crippen LogP contribution in [0.4, 0.5) is 5.69 Å². The van der Waals surface area contributed by atoms with Gasteiger partial charge in [0, 0.05) is 24.7 Å². The van der Waals surface area contributed by atoms with Crippen molar-refractivity contribution >= 4 is 11.6 Å². The van der Waals surface area contributed by atoms with Gasteiger partial charge < -0.3 is 20.1 Å². The van der Waals surface area contributed by atoms with Crippen molar-refractivity contribution in [3.8, 4) is 11.5 Å². The lowest BCUT2D eigenvalue weighted by molar-refractivity contribution is -0.121. The summed E-state index contributed by atoms with van der Waals surface area (Å²) in [6.45, 7) is 8.00. The first-order valence-corrected chi connectivity index (χ1v) is 7.50. The first kappa shape index (κ1) is 15.5. The van der Waals surface area contributed by atoms with E-state index in [9.17, 15) is 4.79 Å². The van der Waals surface area contributed by atoms with Crippen LogP contribution >= 0.6 is 0 Å². The predicted octanol–water partition coefficient (Wildman–Crippen LogP) is 2.42. The third-order valence-electron chi connectivity index (χ3n) is 3.21. The van der Waals surface area contributed by atoms with Crippen molar-refractivity contribution in [1.82, 2.24) is 5.32 Å². The average molecular weight is 292 g/mol. The summed E-state index contributed by atoms with van der Waals surface area (Å²) in [6.07, 6.45) is 0.880. The Kier molecular flexibility index (Phi) is 5.31. The minimum Gasteiger partial charge on any atom is -0.490 e. The number of fused-ring (bicyclic) bond motifs is 1. The van der Waals surface area contributed by atoms with Gasteiger partial charge in [0.05, 0.1) is 13.2 Å². The molecule has 0 bridgehead atoms. The fourth-order valence-electron chi connectivity index (χ4n) is 2.03. The molecule has 21 heavy (non-hydrogen) atoms. The molecule has 0 spiro atoms. The number of benzene rings is 1. The van der Waals surface area contributed by atoms with E-state index in [1.807, 2.05) is 25.1 Å². The van der Waals surface area contributed by atoms with Crippen molar-refractivity contribution < 1.29 is 14.3 Å². The third kappa shape index (κ3) is 4.55. The molecule has 1 unspecified atom stereocenters. The Bertz CT molecular complexity index is 488. The van der Waals surface area contributed by atoms with E-state index >= 15 is 0 Å². The number of carbonyl (C=O) groups is 1. The monoisotopic (exact) mass is 292 g/mol. The first-order valence-electron chi connectivity index (χ1n) is 7.50. The number of hydrogen-bond acceptors (Lipinski definition) is 4. The van der Waals surface area contributed by atoms with Crippen LogP contribution in [0.15, 0.2) is 18.2 Å². The molecule has 2 rings (SSSR count). The number of ether oxygens (including phenoxy) is 2. The maximum absolute atomic E-state index is 12.0. The van der Waals surface area contributed by atoms with E-state index in [0.717, 1.165) is 23.6 Å². The van der Waals surface area contributed by atoms with Crippen LogP contribution < -0.4 is 20.1 Å². The quantitative estimate of drug-likeness (QED) is 0.875.